The third kappa shape index (κ3) is 4.45. The SMILES string of the molecule is CN1CCN(c2cc3[nH]c(=O)[nH]c3cc2N=Cc2c(O)n(-c3ccc(Br)cc3)c(=O)[nH]c2=O)CC1. The topological polar surface area (TPSA) is 143 Å². The standard InChI is InChI=1S/C23H22BrN7O4/c1-29-6-8-30(9-7-29)19-11-17-16(26-22(34)27-17)10-18(19)25-12-15-20(32)28-23(35)31(21(15)33)14-4-2-13(24)3-5-14/h2-5,10-12,33H,6-9H2,1H3,(H2,26,27,34)(H,28,32,35). The maximum absolute atomic E-state index is 12.6. The van der Waals surface area contributed by atoms with E-state index in [0.29, 0.717) is 22.4 Å². The molecule has 1 aliphatic heterocycles. The second kappa shape index (κ2) is 9.04. The fourth-order valence-corrected chi connectivity index (χ4v) is 4.35. The molecule has 5 rings (SSSR count). The zero-order valence-corrected chi connectivity index (χ0v) is 20.3. The lowest BCUT2D eigenvalue weighted by Gasteiger charge is -2.34. The number of rotatable bonds is 4. The number of fused-ring (bicyclic) bond motifs is 1. The van der Waals surface area contributed by atoms with Crippen molar-refractivity contribution in [2.75, 3.05) is 38.1 Å². The van der Waals surface area contributed by atoms with Crippen LogP contribution >= 0.6 is 15.9 Å². The molecule has 0 atom stereocenters. The number of aromatic amines is 3. The number of H-pyrrole nitrogens is 3. The predicted molar refractivity (Wildman–Crippen MR) is 138 cm³/mol. The van der Waals surface area contributed by atoms with Crippen LogP contribution in [-0.4, -0.2) is 69.0 Å². The van der Waals surface area contributed by atoms with E-state index >= 15 is 0 Å². The molecule has 180 valence electrons. The van der Waals surface area contributed by atoms with Gasteiger partial charge in [-0.1, -0.05) is 15.9 Å². The molecule has 1 fully saturated rings. The molecule has 2 aromatic carbocycles. The Labute approximate surface area is 206 Å². The Kier molecular flexibility index (Phi) is 5.91. The molecular weight excluding hydrogens is 518 g/mol. The third-order valence-electron chi connectivity index (χ3n) is 5.99. The Hall–Kier alpha value is -3.90. The van der Waals surface area contributed by atoms with Crippen molar-refractivity contribution < 1.29 is 5.11 Å². The molecule has 0 bridgehead atoms. The smallest absolute Gasteiger partial charge is 0.335 e. The van der Waals surface area contributed by atoms with Gasteiger partial charge in [0.1, 0.15) is 5.56 Å². The maximum atomic E-state index is 12.6. The number of aliphatic imine (C=N–C) groups is 1. The fraction of sp³-hybridized carbons (Fsp3) is 0.217. The van der Waals surface area contributed by atoms with Crippen LogP contribution in [0.3, 0.4) is 0 Å². The molecule has 0 saturated carbocycles. The highest BCUT2D eigenvalue weighted by atomic mass is 79.9. The van der Waals surface area contributed by atoms with Gasteiger partial charge in [0.15, 0.2) is 0 Å². The summed E-state index contributed by atoms with van der Waals surface area (Å²) in [5.74, 6) is -0.526. The van der Waals surface area contributed by atoms with Gasteiger partial charge in [-0.25, -0.2) is 14.2 Å². The molecule has 0 spiro atoms. The molecule has 0 aliphatic carbocycles. The number of anilines is 1. The molecule has 0 amide bonds. The minimum atomic E-state index is -0.767. The Morgan fingerprint density at radius 1 is 0.971 bits per heavy atom. The van der Waals surface area contributed by atoms with Crippen LogP contribution in [0.1, 0.15) is 5.56 Å². The molecule has 4 N–H and O–H groups in total. The summed E-state index contributed by atoms with van der Waals surface area (Å²) >= 11 is 3.33. The second-order valence-corrected chi connectivity index (χ2v) is 9.24. The van der Waals surface area contributed by atoms with E-state index in [2.05, 4.69) is 52.7 Å². The van der Waals surface area contributed by atoms with E-state index in [1.165, 1.54) is 6.21 Å². The molecule has 2 aromatic heterocycles. The molecular formula is C23H22BrN7O4. The molecule has 12 heteroatoms. The largest absolute Gasteiger partial charge is 0.493 e. The molecule has 1 aliphatic rings. The number of aromatic nitrogens is 4. The minimum Gasteiger partial charge on any atom is -0.493 e. The number of nitrogens with one attached hydrogen (secondary N) is 3. The number of imidazole rings is 1. The maximum Gasteiger partial charge on any atom is 0.335 e. The summed E-state index contributed by atoms with van der Waals surface area (Å²) in [5, 5.41) is 10.8. The lowest BCUT2D eigenvalue weighted by Crippen LogP contribution is -2.44. The van der Waals surface area contributed by atoms with E-state index in [4.69, 9.17) is 0 Å². The molecule has 35 heavy (non-hydrogen) atoms. The summed E-state index contributed by atoms with van der Waals surface area (Å²) < 4.78 is 1.80. The van der Waals surface area contributed by atoms with Gasteiger partial charge in [0, 0.05) is 36.9 Å². The van der Waals surface area contributed by atoms with Gasteiger partial charge in [-0.3, -0.25) is 14.8 Å². The van der Waals surface area contributed by atoms with Gasteiger partial charge < -0.3 is 24.9 Å². The lowest BCUT2D eigenvalue weighted by atomic mass is 10.2. The van der Waals surface area contributed by atoms with E-state index in [0.717, 1.165) is 40.9 Å². The van der Waals surface area contributed by atoms with E-state index in [1.54, 1.807) is 30.3 Å². The number of piperazine rings is 1. The summed E-state index contributed by atoms with van der Waals surface area (Å²) in [5.41, 5.74) is 0.863. The Morgan fingerprint density at radius 2 is 1.63 bits per heavy atom. The highest BCUT2D eigenvalue weighted by Crippen LogP contribution is 2.33. The van der Waals surface area contributed by atoms with Gasteiger partial charge in [-0.2, -0.15) is 0 Å². The number of nitrogens with zero attached hydrogens (tertiary/aromatic N) is 4. The number of likely N-dealkylation sites (N-methyl/N-ethyl adjacent to an activating group) is 1. The summed E-state index contributed by atoms with van der Waals surface area (Å²) in [7, 11) is 2.05. The number of hydrogen-bond acceptors (Lipinski definition) is 7. The predicted octanol–water partition coefficient (Wildman–Crippen LogP) is 1.67. The van der Waals surface area contributed by atoms with Crippen LogP contribution in [0.2, 0.25) is 0 Å². The summed E-state index contributed by atoms with van der Waals surface area (Å²) in [6, 6.07) is 10.3. The summed E-state index contributed by atoms with van der Waals surface area (Å²) in [6.45, 7) is 3.26. The van der Waals surface area contributed by atoms with Gasteiger partial charge in [-0.15, -0.1) is 0 Å². The van der Waals surface area contributed by atoms with Crippen molar-refractivity contribution in [2.45, 2.75) is 0 Å². The van der Waals surface area contributed by atoms with Gasteiger partial charge in [0.25, 0.3) is 5.56 Å². The normalized spacial score (nSPS) is 14.9. The van der Waals surface area contributed by atoms with Crippen LogP contribution in [0, 0.1) is 0 Å². The van der Waals surface area contributed by atoms with Crippen LogP contribution in [0.4, 0.5) is 11.4 Å². The number of aromatic hydroxyl groups is 1. The van der Waals surface area contributed by atoms with Gasteiger partial charge in [0.2, 0.25) is 5.88 Å². The third-order valence-corrected chi connectivity index (χ3v) is 6.52. The van der Waals surface area contributed by atoms with Crippen molar-refractivity contribution >= 4 is 44.6 Å². The van der Waals surface area contributed by atoms with Crippen LogP contribution in [0.5, 0.6) is 5.88 Å². The van der Waals surface area contributed by atoms with Crippen molar-refractivity contribution in [2.24, 2.45) is 4.99 Å². The van der Waals surface area contributed by atoms with Crippen LogP contribution in [-0.2, 0) is 0 Å². The minimum absolute atomic E-state index is 0.167. The van der Waals surface area contributed by atoms with Crippen molar-refractivity contribution in [3.05, 3.63) is 77.8 Å². The van der Waals surface area contributed by atoms with Crippen LogP contribution in [0.25, 0.3) is 16.7 Å². The van der Waals surface area contributed by atoms with E-state index in [-0.39, 0.29) is 11.3 Å². The van der Waals surface area contributed by atoms with Gasteiger partial charge in [-0.05, 0) is 43.4 Å². The van der Waals surface area contributed by atoms with E-state index < -0.39 is 17.1 Å². The van der Waals surface area contributed by atoms with Gasteiger partial charge in [0.05, 0.1) is 28.1 Å². The van der Waals surface area contributed by atoms with E-state index in [9.17, 15) is 19.5 Å². The Morgan fingerprint density at radius 3 is 2.31 bits per heavy atom. The zero-order valence-electron chi connectivity index (χ0n) is 18.7. The average molecular weight is 540 g/mol. The first-order valence-electron chi connectivity index (χ1n) is 10.9. The summed E-state index contributed by atoms with van der Waals surface area (Å²) in [6.07, 6.45) is 1.23. The highest BCUT2D eigenvalue weighted by Gasteiger charge is 2.19. The molecule has 1 saturated heterocycles. The monoisotopic (exact) mass is 539 g/mol. The van der Waals surface area contributed by atoms with Crippen molar-refractivity contribution in [1.29, 1.82) is 0 Å². The zero-order chi connectivity index (χ0) is 24.7. The van der Waals surface area contributed by atoms with Crippen molar-refractivity contribution in [3.8, 4) is 11.6 Å². The second-order valence-electron chi connectivity index (χ2n) is 8.32. The number of halogens is 1. The first-order chi connectivity index (χ1) is 16.8. The van der Waals surface area contributed by atoms with Crippen LogP contribution < -0.4 is 21.8 Å². The van der Waals surface area contributed by atoms with Crippen molar-refractivity contribution in [1.82, 2.24) is 24.4 Å². The average Bonchev–Trinajstić information content (AvgIpc) is 3.19. The first-order valence-corrected chi connectivity index (χ1v) is 11.7. The molecule has 0 radical (unpaired) electrons. The number of hydrogen-bond donors (Lipinski definition) is 4. The lowest BCUT2D eigenvalue weighted by molar-refractivity contribution is 0.313. The molecule has 4 aromatic rings. The molecule has 0 unspecified atom stereocenters. The van der Waals surface area contributed by atoms with Gasteiger partial charge >= 0.3 is 11.4 Å². The molecule has 11 nitrogen and oxygen atoms in total. The summed E-state index contributed by atoms with van der Waals surface area (Å²) in [4.78, 5) is 53.5. The Bertz CT molecular complexity index is 1610. The van der Waals surface area contributed by atoms with Crippen LogP contribution in [0.15, 0.2) is 60.2 Å². The molecule has 3 heterocycles. The Balaban J connectivity index is 1.61. The van der Waals surface area contributed by atoms with Crippen molar-refractivity contribution in [3.63, 3.8) is 0 Å². The first kappa shape index (κ1) is 22.9. The fourth-order valence-electron chi connectivity index (χ4n) is 4.08. The number of benzene rings is 2. The highest BCUT2D eigenvalue weighted by molar-refractivity contribution is 9.10. The quantitative estimate of drug-likeness (QED) is 0.290. The van der Waals surface area contributed by atoms with E-state index in [1.807, 2.05) is 6.07 Å².